The molecule has 0 radical (unpaired) electrons. The SMILES string of the molecule is Cc1nn(CC(=O)NCC2NCCc3ccccc32)c(C)c1Cl.Cl. The molecule has 0 saturated carbocycles. The number of benzene rings is 1. The van der Waals surface area contributed by atoms with Gasteiger partial charge in [0.1, 0.15) is 6.54 Å². The first-order chi connectivity index (χ1) is 11.1. The Kier molecular flexibility index (Phi) is 6.27. The first-order valence-electron chi connectivity index (χ1n) is 7.83. The van der Waals surface area contributed by atoms with Crippen LogP contribution >= 0.6 is 24.0 Å². The molecule has 5 nitrogen and oxygen atoms in total. The van der Waals surface area contributed by atoms with Crippen LogP contribution in [0, 0.1) is 13.8 Å². The van der Waals surface area contributed by atoms with Crippen molar-refractivity contribution in [2.75, 3.05) is 13.1 Å². The fraction of sp³-hybridized carbons (Fsp3) is 0.412. The van der Waals surface area contributed by atoms with Crippen LogP contribution in [0.15, 0.2) is 24.3 Å². The average Bonchev–Trinajstić information content (AvgIpc) is 2.80. The van der Waals surface area contributed by atoms with Gasteiger partial charge >= 0.3 is 0 Å². The summed E-state index contributed by atoms with van der Waals surface area (Å²) in [6, 6.07) is 8.54. The molecule has 1 aliphatic heterocycles. The third kappa shape index (κ3) is 3.91. The third-order valence-electron chi connectivity index (χ3n) is 4.31. The molecule has 24 heavy (non-hydrogen) atoms. The molecule has 1 atom stereocenters. The standard InChI is InChI=1S/C17H21ClN4O.ClH/c1-11-17(18)12(2)22(21-11)10-16(23)20-9-15-14-6-4-3-5-13(14)7-8-19-15;/h3-6,15,19H,7-10H2,1-2H3,(H,20,23);1H. The second kappa shape index (κ2) is 8.01. The van der Waals surface area contributed by atoms with Crippen molar-refractivity contribution in [3.8, 4) is 0 Å². The van der Waals surface area contributed by atoms with Crippen molar-refractivity contribution in [1.82, 2.24) is 20.4 Å². The van der Waals surface area contributed by atoms with Gasteiger partial charge in [-0.05, 0) is 37.9 Å². The number of amides is 1. The highest BCUT2D eigenvalue weighted by molar-refractivity contribution is 6.31. The van der Waals surface area contributed by atoms with E-state index in [9.17, 15) is 4.79 Å². The zero-order valence-electron chi connectivity index (χ0n) is 13.8. The Bertz CT molecular complexity index is 729. The Morgan fingerprint density at radius 2 is 2.17 bits per heavy atom. The molecule has 0 spiro atoms. The fourth-order valence-corrected chi connectivity index (χ4v) is 3.15. The highest BCUT2D eigenvalue weighted by atomic mass is 35.5. The van der Waals surface area contributed by atoms with E-state index in [0.717, 1.165) is 24.4 Å². The number of nitrogens with one attached hydrogen (secondary N) is 2. The zero-order valence-corrected chi connectivity index (χ0v) is 15.4. The highest BCUT2D eigenvalue weighted by Gasteiger charge is 2.20. The molecule has 1 aromatic carbocycles. The molecule has 0 saturated heterocycles. The minimum Gasteiger partial charge on any atom is -0.353 e. The summed E-state index contributed by atoms with van der Waals surface area (Å²) < 4.78 is 1.65. The number of halogens is 2. The van der Waals surface area contributed by atoms with Crippen molar-refractivity contribution >= 4 is 29.9 Å². The predicted molar refractivity (Wildman–Crippen MR) is 97.9 cm³/mol. The smallest absolute Gasteiger partial charge is 0.241 e. The van der Waals surface area contributed by atoms with E-state index >= 15 is 0 Å². The summed E-state index contributed by atoms with van der Waals surface area (Å²) in [4.78, 5) is 12.2. The Morgan fingerprint density at radius 3 is 2.88 bits per heavy atom. The zero-order chi connectivity index (χ0) is 16.4. The lowest BCUT2D eigenvalue weighted by Gasteiger charge is -2.27. The number of rotatable bonds is 4. The van der Waals surface area contributed by atoms with E-state index in [1.165, 1.54) is 11.1 Å². The van der Waals surface area contributed by atoms with Crippen LogP contribution in [0.1, 0.15) is 28.6 Å². The van der Waals surface area contributed by atoms with Crippen molar-refractivity contribution in [3.05, 3.63) is 51.8 Å². The first kappa shape index (κ1) is 18.8. The summed E-state index contributed by atoms with van der Waals surface area (Å²) in [5.74, 6) is -0.0582. The minimum absolute atomic E-state index is 0. The van der Waals surface area contributed by atoms with Gasteiger partial charge in [-0.15, -0.1) is 12.4 Å². The molecule has 1 aliphatic rings. The fourth-order valence-electron chi connectivity index (χ4n) is 3.01. The Hall–Kier alpha value is -1.56. The van der Waals surface area contributed by atoms with Crippen LogP contribution in [0.3, 0.4) is 0 Å². The van der Waals surface area contributed by atoms with E-state index in [0.29, 0.717) is 11.6 Å². The van der Waals surface area contributed by atoms with Crippen LogP contribution in [-0.2, 0) is 17.8 Å². The van der Waals surface area contributed by atoms with Gasteiger partial charge in [-0.3, -0.25) is 9.48 Å². The summed E-state index contributed by atoms with van der Waals surface area (Å²) >= 11 is 6.11. The van der Waals surface area contributed by atoms with Crippen molar-refractivity contribution in [1.29, 1.82) is 0 Å². The van der Waals surface area contributed by atoms with Gasteiger partial charge in [-0.1, -0.05) is 35.9 Å². The maximum Gasteiger partial charge on any atom is 0.241 e. The van der Waals surface area contributed by atoms with E-state index in [1.54, 1.807) is 4.68 Å². The molecule has 130 valence electrons. The van der Waals surface area contributed by atoms with Gasteiger partial charge in [0.25, 0.3) is 0 Å². The number of carbonyl (C=O) groups excluding carboxylic acids is 1. The van der Waals surface area contributed by atoms with Gasteiger partial charge in [0, 0.05) is 12.6 Å². The molecule has 7 heteroatoms. The van der Waals surface area contributed by atoms with Crippen molar-refractivity contribution in [2.45, 2.75) is 32.9 Å². The normalized spacial score (nSPS) is 16.2. The van der Waals surface area contributed by atoms with Gasteiger partial charge in [-0.2, -0.15) is 5.10 Å². The quantitative estimate of drug-likeness (QED) is 0.871. The van der Waals surface area contributed by atoms with Crippen LogP contribution in [-0.4, -0.2) is 28.8 Å². The third-order valence-corrected chi connectivity index (χ3v) is 4.85. The number of fused-ring (bicyclic) bond motifs is 1. The summed E-state index contributed by atoms with van der Waals surface area (Å²) in [5.41, 5.74) is 4.20. The number of nitrogens with zero attached hydrogens (tertiary/aromatic N) is 2. The number of hydrogen-bond acceptors (Lipinski definition) is 3. The van der Waals surface area contributed by atoms with Gasteiger partial charge < -0.3 is 10.6 Å². The molecule has 2 aromatic rings. The van der Waals surface area contributed by atoms with Crippen LogP contribution in [0.5, 0.6) is 0 Å². The molecular formula is C17H22Cl2N4O. The largest absolute Gasteiger partial charge is 0.353 e. The number of hydrogen-bond donors (Lipinski definition) is 2. The Morgan fingerprint density at radius 1 is 1.42 bits per heavy atom. The van der Waals surface area contributed by atoms with Gasteiger partial charge in [0.2, 0.25) is 5.91 Å². The summed E-state index contributed by atoms with van der Waals surface area (Å²) in [5, 5.41) is 11.4. The first-order valence-corrected chi connectivity index (χ1v) is 8.21. The van der Waals surface area contributed by atoms with E-state index in [1.807, 2.05) is 19.9 Å². The topological polar surface area (TPSA) is 59.0 Å². The number of aryl methyl sites for hydroxylation is 1. The molecule has 1 unspecified atom stereocenters. The van der Waals surface area contributed by atoms with E-state index in [2.05, 4.69) is 33.9 Å². The molecule has 0 fully saturated rings. The lowest BCUT2D eigenvalue weighted by atomic mass is 9.94. The second-order valence-corrected chi connectivity index (χ2v) is 6.28. The van der Waals surface area contributed by atoms with Gasteiger partial charge in [0.05, 0.1) is 16.4 Å². The molecule has 3 rings (SSSR count). The average molecular weight is 369 g/mol. The number of carbonyl (C=O) groups is 1. The van der Waals surface area contributed by atoms with Crippen LogP contribution in [0.4, 0.5) is 0 Å². The minimum atomic E-state index is -0.0582. The molecule has 2 N–H and O–H groups in total. The molecule has 1 amide bonds. The molecule has 2 heterocycles. The molecule has 0 bridgehead atoms. The van der Waals surface area contributed by atoms with E-state index in [4.69, 9.17) is 11.6 Å². The maximum atomic E-state index is 12.2. The highest BCUT2D eigenvalue weighted by Crippen LogP contribution is 2.22. The van der Waals surface area contributed by atoms with Gasteiger partial charge in [0.15, 0.2) is 0 Å². The summed E-state index contributed by atoms with van der Waals surface area (Å²) in [7, 11) is 0. The monoisotopic (exact) mass is 368 g/mol. The van der Waals surface area contributed by atoms with Crippen LogP contribution < -0.4 is 10.6 Å². The lowest BCUT2D eigenvalue weighted by molar-refractivity contribution is -0.122. The molecular weight excluding hydrogens is 347 g/mol. The maximum absolute atomic E-state index is 12.2. The lowest BCUT2D eigenvalue weighted by Crippen LogP contribution is -2.40. The Labute approximate surface area is 153 Å². The number of aromatic nitrogens is 2. The Balaban J connectivity index is 0.00000208. The summed E-state index contributed by atoms with van der Waals surface area (Å²) in [6.45, 7) is 5.41. The molecule has 0 aliphatic carbocycles. The molecule has 1 aromatic heterocycles. The van der Waals surface area contributed by atoms with Crippen molar-refractivity contribution in [3.63, 3.8) is 0 Å². The van der Waals surface area contributed by atoms with Crippen molar-refractivity contribution < 1.29 is 4.79 Å². The van der Waals surface area contributed by atoms with Crippen LogP contribution in [0.25, 0.3) is 0 Å². The van der Waals surface area contributed by atoms with Crippen molar-refractivity contribution in [2.24, 2.45) is 0 Å². The van der Waals surface area contributed by atoms with E-state index in [-0.39, 0.29) is 30.9 Å². The second-order valence-electron chi connectivity index (χ2n) is 5.90. The summed E-state index contributed by atoms with van der Waals surface area (Å²) in [6.07, 6.45) is 1.03. The predicted octanol–water partition coefficient (Wildman–Crippen LogP) is 2.58. The van der Waals surface area contributed by atoms with Crippen LogP contribution in [0.2, 0.25) is 5.02 Å². The van der Waals surface area contributed by atoms with Gasteiger partial charge in [-0.25, -0.2) is 0 Å². The van der Waals surface area contributed by atoms with E-state index < -0.39 is 0 Å².